The Morgan fingerprint density at radius 2 is 1.82 bits per heavy atom. The lowest BCUT2D eigenvalue weighted by atomic mass is 9.83. The molecule has 0 bridgehead atoms. The Hall–Kier alpha value is -1.60. The SMILES string of the molecule is C=Cc1cccc(/C(C)=C(C)/C(=C(/C)C(C)CN)C(C)C)c1. The van der Waals surface area contributed by atoms with Gasteiger partial charge in [0.25, 0.3) is 0 Å². The average molecular weight is 297 g/mol. The van der Waals surface area contributed by atoms with Crippen molar-refractivity contribution in [1.29, 1.82) is 0 Å². The first kappa shape index (κ1) is 18.4. The molecule has 0 saturated heterocycles. The lowest BCUT2D eigenvalue weighted by Crippen LogP contribution is -2.15. The van der Waals surface area contributed by atoms with Gasteiger partial charge in [0.1, 0.15) is 0 Å². The van der Waals surface area contributed by atoms with Crippen LogP contribution in [0.25, 0.3) is 11.6 Å². The summed E-state index contributed by atoms with van der Waals surface area (Å²) in [6.45, 7) is 18.0. The number of allylic oxidation sites excluding steroid dienone is 3. The zero-order valence-corrected chi connectivity index (χ0v) is 15.0. The molecule has 120 valence electrons. The summed E-state index contributed by atoms with van der Waals surface area (Å²) in [5.41, 5.74) is 13.9. The summed E-state index contributed by atoms with van der Waals surface area (Å²) in [5, 5.41) is 0. The Kier molecular flexibility index (Phi) is 6.83. The van der Waals surface area contributed by atoms with E-state index in [0.717, 1.165) is 5.56 Å². The molecule has 0 saturated carbocycles. The lowest BCUT2D eigenvalue weighted by Gasteiger charge is -2.23. The minimum absolute atomic E-state index is 0.416. The van der Waals surface area contributed by atoms with E-state index in [2.05, 4.69) is 72.4 Å². The zero-order valence-electron chi connectivity index (χ0n) is 15.0. The van der Waals surface area contributed by atoms with Gasteiger partial charge in [0.15, 0.2) is 0 Å². The van der Waals surface area contributed by atoms with E-state index in [1.807, 2.05) is 6.08 Å². The van der Waals surface area contributed by atoms with Gasteiger partial charge in [0.2, 0.25) is 0 Å². The van der Waals surface area contributed by atoms with Gasteiger partial charge in [0.05, 0.1) is 0 Å². The third-order valence-electron chi connectivity index (χ3n) is 4.62. The minimum atomic E-state index is 0.416. The van der Waals surface area contributed by atoms with E-state index < -0.39 is 0 Å². The molecule has 1 atom stereocenters. The Bertz CT molecular complexity index is 588. The number of hydrogen-bond donors (Lipinski definition) is 1. The third-order valence-corrected chi connectivity index (χ3v) is 4.62. The number of rotatable bonds is 6. The second-order valence-electron chi connectivity index (χ2n) is 6.47. The van der Waals surface area contributed by atoms with Crippen molar-refractivity contribution >= 4 is 11.6 Å². The average Bonchev–Trinajstić information content (AvgIpc) is 2.52. The molecule has 0 fully saturated rings. The van der Waals surface area contributed by atoms with Crippen LogP contribution < -0.4 is 5.73 Å². The molecule has 0 aliphatic carbocycles. The van der Waals surface area contributed by atoms with Crippen molar-refractivity contribution in [3.8, 4) is 0 Å². The minimum Gasteiger partial charge on any atom is -0.330 e. The van der Waals surface area contributed by atoms with Gasteiger partial charge in [-0.15, -0.1) is 0 Å². The summed E-state index contributed by atoms with van der Waals surface area (Å²) in [6, 6.07) is 8.55. The fourth-order valence-electron chi connectivity index (χ4n) is 2.94. The molecule has 1 unspecified atom stereocenters. The van der Waals surface area contributed by atoms with Gasteiger partial charge < -0.3 is 5.73 Å². The van der Waals surface area contributed by atoms with Crippen LogP contribution in [0.3, 0.4) is 0 Å². The van der Waals surface area contributed by atoms with Crippen LogP contribution in [0.1, 0.15) is 52.7 Å². The molecule has 1 aromatic rings. The zero-order chi connectivity index (χ0) is 16.9. The normalized spacial score (nSPS) is 15.3. The predicted octanol–water partition coefficient (Wildman–Crippen LogP) is 5.69. The summed E-state index contributed by atoms with van der Waals surface area (Å²) in [7, 11) is 0. The molecule has 0 heterocycles. The highest BCUT2D eigenvalue weighted by atomic mass is 14.5. The van der Waals surface area contributed by atoms with Crippen molar-refractivity contribution in [3.63, 3.8) is 0 Å². The Labute approximate surface area is 136 Å². The Morgan fingerprint density at radius 1 is 1.18 bits per heavy atom. The largest absolute Gasteiger partial charge is 0.330 e. The first-order chi connectivity index (χ1) is 10.3. The summed E-state index contributed by atoms with van der Waals surface area (Å²) < 4.78 is 0. The number of benzene rings is 1. The number of hydrogen-bond acceptors (Lipinski definition) is 1. The van der Waals surface area contributed by atoms with Crippen molar-refractivity contribution in [2.75, 3.05) is 6.54 Å². The quantitative estimate of drug-likeness (QED) is 0.671. The molecule has 1 aromatic carbocycles. The molecule has 0 radical (unpaired) electrons. The van der Waals surface area contributed by atoms with E-state index in [1.54, 1.807) is 0 Å². The first-order valence-corrected chi connectivity index (χ1v) is 8.14. The molecular formula is C21H31N. The monoisotopic (exact) mass is 297 g/mol. The summed E-state index contributed by atoms with van der Waals surface area (Å²) in [6.07, 6.45) is 1.90. The van der Waals surface area contributed by atoms with Gasteiger partial charge in [-0.25, -0.2) is 0 Å². The van der Waals surface area contributed by atoms with Crippen LogP contribution in [0.4, 0.5) is 0 Å². The van der Waals surface area contributed by atoms with E-state index in [-0.39, 0.29) is 0 Å². The van der Waals surface area contributed by atoms with E-state index in [9.17, 15) is 0 Å². The van der Waals surface area contributed by atoms with E-state index in [0.29, 0.717) is 18.4 Å². The molecular weight excluding hydrogens is 266 g/mol. The van der Waals surface area contributed by atoms with E-state index >= 15 is 0 Å². The van der Waals surface area contributed by atoms with Crippen LogP contribution in [0.15, 0.2) is 47.6 Å². The highest BCUT2D eigenvalue weighted by Crippen LogP contribution is 2.32. The van der Waals surface area contributed by atoms with Crippen LogP contribution in [-0.4, -0.2) is 6.54 Å². The summed E-state index contributed by atoms with van der Waals surface area (Å²) >= 11 is 0. The maximum Gasteiger partial charge on any atom is -0.00140 e. The Balaban J connectivity index is 3.44. The van der Waals surface area contributed by atoms with Crippen LogP contribution >= 0.6 is 0 Å². The van der Waals surface area contributed by atoms with Gasteiger partial charge >= 0.3 is 0 Å². The Morgan fingerprint density at radius 3 is 2.32 bits per heavy atom. The van der Waals surface area contributed by atoms with Gasteiger partial charge in [-0.05, 0) is 73.1 Å². The maximum absolute atomic E-state index is 5.87. The molecule has 0 aliphatic rings. The molecule has 22 heavy (non-hydrogen) atoms. The predicted molar refractivity (Wildman–Crippen MR) is 101 cm³/mol. The molecule has 1 nitrogen and oxygen atoms in total. The topological polar surface area (TPSA) is 26.0 Å². The van der Waals surface area contributed by atoms with Gasteiger partial charge in [-0.3, -0.25) is 0 Å². The van der Waals surface area contributed by atoms with E-state index in [1.165, 1.54) is 27.9 Å². The van der Waals surface area contributed by atoms with Gasteiger partial charge in [-0.1, -0.05) is 57.2 Å². The number of nitrogens with two attached hydrogens (primary N) is 1. The van der Waals surface area contributed by atoms with Crippen molar-refractivity contribution in [2.24, 2.45) is 17.6 Å². The van der Waals surface area contributed by atoms with Crippen molar-refractivity contribution < 1.29 is 0 Å². The standard InChI is InChI=1S/C21H31N/c1-8-19-10-9-11-20(12-19)17(6)18(7)21(14(2)3)16(5)15(4)13-22/h8-12,14-15H,1,13,22H2,2-7H3/b18-17+,21-16-. The molecule has 0 aromatic heterocycles. The van der Waals surface area contributed by atoms with Gasteiger partial charge in [-0.2, -0.15) is 0 Å². The first-order valence-electron chi connectivity index (χ1n) is 8.14. The summed E-state index contributed by atoms with van der Waals surface area (Å²) in [4.78, 5) is 0. The smallest absolute Gasteiger partial charge is 0.00140 e. The lowest BCUT2D eigenvalue weighted by molar-refractivity contribution is 0.656. The second-order valence-corrected chi connectivity index (χ2v) is 6.47. The highest BCUT2D eigenvalue weighted by molar-refractivity contribution is 5.72. The van der Waals surface area contributed by atoms with Crippen LogP contribution in [0.2, 0.25) is 0 Å². The second kappa shape index (κ2) is 8.14. The van der Waals surface area contributed by atoms with Crippen LogP contribution in [0.5, 0.6) is 0 Å². The molecule has 1 rings (SSSR count). The van der Waals surface area contributed by atoms with Crippen LogP contribution in [0, 0.1) is 11.8 Å². The molecule has 1 heteroatoms. The van der Waals surface area contributed by atoms with Crippen molar-refractivity contribution in [1.82, 2.24) is 0 Å². The van der Waals surface area contributed by atoms with Crippen molar-refractivity contribution in [2.45, 2.75) is 41.5 Å². The highest BCUT2D eigenvalue weighted by Gasteiger charge is 2.16. The van der Waals surface area contributed by atoms with Gasteiger partial charge in [0, 0.05) is 0 Å². The molecule has 2 N–H and O–H groups in total. The van der Waals surface area contributed by atoms with E-state index in [4.69, 9.17) is 5.73 Å². The molecule has 0 aliphatic heterocycles. The fourth-order valence-corrected chi connectivity index (χ4v) is 2.94. The molecule has 0 amide bonds. The molecule has 0 spiro atoms. The maximum atomic E-state index is 5.87. The summed E-state index contributed by atoms with van der Waals surface area (Å²) in [5.74, 6) is 0.909. The third kappa shape index (κ3) is 4.20. The fraction of sp³-hybridized carbons (Fsp3) is 0.429. The van der Waals surface area contributed by atoms with Crippen LogP contribution in [-0.2, 0) is 0 Å². The van der Waals surface area contributed by atoms with Crippen molar-refractivity contribution in [3.05, 3.63) is 58.7 Å².